The zero-order chi connectivity index (χ0) is 29.0. The van der Waals surface area contributed by atoms with Crippen LogP contribution in [0.4, 0.5) is 4.39 Å². The van der Waals surface area contributed by atoms with Crippen molar-refractivity contribution in [3.05, 3.63) is 107 Å². The molecule has 2 nitrogen and oxygen atoms in total. The molecule has 1 heterocycles. The van der Waals surface area contributed by atoms with Gasteiger partial charge >= 0.3 is 0 Å². The summed E-state index contributed by atoms with van der Waals surface area (Å²) < 4.78 is 88.5. The number of imidazole rings is 1. The molecule has 0 fully saturated rings. The highest BCUT2D eigenvalue weighted by atomic mass is 19.1. The van der Waals surface area contributed by atoms with Crippen molar-refractivity contribution in [2.75, 3.05) is 0 Å². The number of para-hydroxylation sites is 3. The van der Waals surface area contributed by atoms with Crippen molar-refractivity contribution in [2.45, 2.75) is 20.6 Å². The standard InChI is InChI=1S/C28H23FN2/c1-18-11-12-22(17-24(18)21-13-15-23(29)16-14-21)28-30-25-9-4-5-10-26(25)31(28)27-19(2)7-6-8-20(27)3/h4-17H,1-3H3/i1D3,2D3,3D3. The van der Waals surface area contributed by atoms with Gasteiger partial charge in [0.1, 0.15) is 11.6 Å². The molecule has 5 rings (SSSR count). The molecule has 4 aromatic carbocycles. The van der Waals surface area contributed by atoms with E-state index in [0.717, 1.165) is 0 Å². The quantitative estimate of drug-likeness (QED) is 0.300. The van der Waals surface area contributed by atoms with Crippen LogP contribution in [0.15, 0.2) is 84.9 Å². The van der Waals surface area contributed by atoms with Crippen molar-refractivity contribution < 1.29 is 16.7 Å². The first-order valence-electron chi connectivity index (χ1n) is 14.2. The van der Waals surface area contributed by atoms with Gasteiger partial charge in [-0.3, -0.25) is 4.57 Å². The predicted octanol–water partition coefficient (Wildman–Crippen LogP) is 7.42. The number of halogens is 1. The molecule has 0 atom stereocenters. The number of nitrogens with zero attached hydrogens (tertiary/aromatic N) is 2. The lowest BCUT2D eigenvalue weighted by Gasteiger charge is -2.16. The first-order chi connectivity index (χ1) is 18.7. The Morgan fingerprint density at radius 3 is 2.19 bits per heavy atom. The average molecular weight is 416 g/mol. The molecular formula is C28H23FN2. The summed E-state index contributed by atoms with van der Waals surface area (Å²) in [7, 11) is 0. The van der Waals surface area contributed by atoms with E-state index in [1.54, 1.807) is 36.4 Å². The molecule has 0 aliphatic rings. The number of aryl methyl sites for hydroxylation is 3. The number of fused-ring (bicyclic) bond motifs is 1. The van der Waals surface area contributed by atoms with Gasteiger partial charge in [-0.2, -0.15) is 0 Å². The van der Waals surface area contributed by atoms with Crippen molar-refractivity contribution in [2.24, 2.45) is 0 Å². The van der Waals surface area contributed by atoms with Crippen molar-refractivity contribution >= 4 is 11.0 Å². The third kappa shape index (κ3) is 3.32. The van der Waals surface area contributed by atoms with Crippen LogP contribution in [0.5, 0.6) is 0 Å². The van der Waals surface area contributed by atoms with E-state index in [1.807, 2.05) is 0 Å². The topological polar surface area (TPSA) is 17.8 Å². The van der Waals surface area contributed by atoms with Gasteiger partial charge in [0.05, 0.1) is 16.7 Å². The van der Waals surface area contributed by atoms with E-state index in [0.29, 0.717) is 27.7 Å². The third-order valence-corrected chi connectivity index (χ3v) is 5.25. The van der Waals surface area contributed by atoms with Crippen LogP contribution in [0.1, 0.15) is 29.0 Å². The van der Waals surface area contributed by atoms with E-state index in [-0.39, 0.29) is 28.2 Å². The zero-order valence-corrected chi connectivity index (χ0v) is 16.4. The highest BCUT2D eigenvalue weighted by Gasteiger charge is 2.18. The van der Waals surface area contributed by atoms with E-state index in [2.05, 4.69) is 0 Å². The Balaban J connectivity index is 1.89. The van der Waals surface area contributed by atoms with Crippen LogP contribution < -0.4 is 0 Å². The zero-order valence-electron chi connectivity index (χ0n) is 25.4. The molecule has 0 radical (unpaired) electrons. The maximum atomic E-state index is 13.7. The highest BCUT2D eigenvalue weighted by molar-refractivity contribution is 5.85. The molecule has 152 valence electrons. The van der Waals surface area contributed by atoms with Crippen LogP contribution in [0.2, 0.25) is 0 Å². The van der Waals surface area contributed by atoms with Gasteiger partial charge in [0.25, 0.3) is 0 Å². The number of benzene rings is 4. The van der Waals surface area contributed by atoms with Crippen LogP contribution in [0, 0.1) is 26.4 Å². The Kier molecular flexibility index (Phi) is 2.81. The van der Waals surface area contributed by atoms with Crippen LogP contribution in [0.25, 0.3) is 39.2 Å². The Bertz CT molecular complexity index is 1680. The second-order valence-corrected chi connectivity index (χ2v) is 7.23. The molecule has 0 aliphatic heterocycles. The van der Waals surface area contributed by atoms with Crippen molar-refractivity contribution in [3.63, 3.8) is 0 Å². The number of hydrogen-bond acceptors (Lipinski definition) is 1. The van der Waals surface area contributed by atoms with E-state index >= 15 is 0 Å². The molecule has 0 bridgehead atoms. The first-order valence-corrected chi connectivity index (χ1v) is 9.69. The van der Waals surface area contributed by atoms with Gasteiger partial charge in [-0.1, -0.05) is 54.6 Å². The predicted molar refractivity (Wildman–Crippen MR) is 126 cm³/mol. The Morgan fingerprint density at radius 2 is 1.45 bits per heavy atom. The van der Waals surface area contributed by atoms with Gasteiger partial charge in [0, 0.05) is 17.9 Å². The monoisotopic (exact) mass is 415 g/mol. The fraction of sp³-hybridized carbons (Fsp3) is 0.107. The van der Waals surface area contributed by atoms with Gasteiger partial charge in [-0.05, 0) is 78.7 Å². The Hall–Kier alpha value is -3.72. The molecule has 0 aliphatic carbocycles. The first kappa shape index (κ1) is 11.6. The second-order valence-electron chi connectivity index (χ2n) is 7.23. The lowest BCUT2D eigenvalue weighted by atomic mass is 9.97. The summed E-state index contributed by atoms with van der Waals surface area (Å²) >= 11 is 0. The SMILES string of the molecule is [2H]C([2H])([2H])c1ccc(-c2nc3ccccc3n2-c2c(C([2H])([2H])[2H])cccc2C([2H])([2H])[2H])cc1-c1ccc(F)cc1. The molecule has 0 unspecified atom stereocenters. The van der Waals surface area contributed by atoms with Gasteiger partial charge in [-0.15, -0.1) is 0 Å². The largest absolute Gasteiger partial charge is 0.292 e. The third-order valence-electron chi connectivity index (χ3n) is 5.25. The van der Waals surface area contributed by atoms with Crippen LogP contribution in [-0.2, 0) is 0 Å². The summed E-state index contributed by atoms with van der Waals surface area (Å²) in [5, 5.41) is 0. The molecule has 0 saturated heterocycles. The second kappa shape index (κ2) is 7.51. The lowest BCUT2D eigenvalue weighted by molar-refractivity contribution is 0.628. The van der Waals surface area contributed by atoms with E-state index in [4.69, 9.17) is 17.3 Å². The molecule has 1 aromatic heterocycles. The molecule has 31 heavy (non-hydrogen) atoms. The minimum absolute atomic E-state index is 0.0329. The Morgan fingerprint density at radius 1 is 0.742 bits per heavy atom. The molecule has 5 aromatic rings. The van der Waals surface area contributed by atoms with Crippen molar-refractivity contribution in [1.29, 1.82) is 0 Å². The van der Waals surface area contributed by atoms with E-state index in [9.17, 15) is 4.39 Å². The maximum absolute atomic E-state index is 13.7. The minimum atomic E-state index is -2.65. The van der Waals surface area contributed by atoms with Gasteiger partial charge < -0.3 is 0 Å². The molecule has 3 heteroatoms. The summed E-state index contributed by atoms with van der Waals surface area (Å²) in [6.07, 6.45) is 0. The van der Waals surface area contributed by atoms with Crippen LogP contribution in [-0.4, -0.2) is 9.55 Å². The van der Waals surface area contributed by atoms with E-state index < -0.39 is 26.4 Å². The fourth-order valence-corrected chi connectivity index (χ4v) is 3.78. The summed E-state index contributed by atoms with van der Waals surface area (Å²) in [6.45, 7) is -7.78. The minimum Gasteiger partial charge on any atom is -0.292 e. The van der Waals surface area contributed by atoms with Crippen LogP contribution in [0.3, 0.4) is 0 Å². The van der Waals surface area contributed by atoms with Crippen LogP contribution >= 0.6 is 0 Å². The van der Waals surface area contributed by atoms with Crippen molar-refractivity contribution in [3.8, 4) is 28.2 Å². The van der Waals surface area contributed by atoms with E-state index in [1.165, 1.54) is 53.1 Å². The van der Waals surface area contributed by atoms with Gasteiger partial charge in [0.15, 0.2) is 0 Å². The normalized spacial score (nSPS) is 16.7. The molecule has 0 saturated carbocycles. The van der Waals surface area contributed by atoms with Gasteiger partial charge in [0.2, 0.25) is 0 Å². The Labute approximate surface area is 194 Å². The summed E-state index contributed by atoms with van der Waals surface area (Å²) in [5.74, 6) is -0.251. The smallest absolute Gasteiger partial charge is 0.145 e. The summed E-state index contributed by atoms with van der Waals surface area (Å²) in [6, 6.07) is 21.1. The fourth-order valence-electron chi connectivity index (χ4n) is 3.78. The highest BCUT2D eigenvalue weighted by Crippen LogP contribution is 2.34. The number of aromatic nitrogens is 2. The number of hydrogen-bond donors (Lipinski definition) is 0. The molecular weight excluding hydrogens is 383 g/mol. The summed E-state index contributed by atoms with van der Waals surface area (Å²) in [5.41, 5.74) is 1.83. The average Bonchev–Trinajstić information content (AvgIpc) is 3.26. The van der Waals surface area contributed by atoms with Gasteiger partial charge in [-0.25, -0.2) is 9.37 Å². The molecule has 0 amide bonds. The molecule has 0 N–H and O–H groups in total. The lowest BCUT2D eigenvalue weighted by Crippen LogP contribution is -2.02. The van der Waals surface area contributed by atoms with Crippen molar-refractivity contribution in [1.82, 2.24) is 9.55 Å². The molecule has 0 spiro atoms. The maximum Gasteiger partial charge on any atom is 0.145 e. The summed E-state index contributed by atoms with van der Waals surface area (Å²) in [4.78, 5) is 4.74. The number of rotatable bonds is 3.